The number of hydrogen-bond donors (Lipinski definition) is 0. The second-order valence-electron chi connectivity index (χ2n) is 14.3. The molecule has 3 nitrogen and oxygen atoms in total. The number of nitrogens with zero attached hydrogens (tertiary/aromatic N) is 1. The van der Waals surface area contributed by atoms with Crippen molar-refractivity contribution in [2.24, 2.45) is 46.3 Å². The number of rotatable bonds is 8. The van der Waals surface area contributed by atoms with Gasteiger partial charge in [-0.2, -0.15) is 0 Å². The van der Waals surface area contributed by atoms with E-state index >= 15 is 0 Å². The highest BCUT2D eigenvalue weighted by atomic mass is 79.9. The summed E-state index contributed by atoms with van der Waals surface area (Å²) >= 11 is 7.08. The van der Waals surface area contributed by atoms with Crippen LogP contribution in [0.1, 0.15) is 111 Å². The van der Waals surface area contributed by atoms with Crippen LogP contribution >= 0.6 is 31.9 Å². The molecule has 0 aromatic carbocycles. The Labute approximate surface area is 254 Å². The molecule has 39 heavy (non-hydrogen) atoms. The maximum absolute atomic E-state index is 13.2. The van der Waals surface area contributed by atoms with Crippen LogP contribution < -0.4 is 0 Å². The minimum absolute atomic E-state index is 0.0667. The normalized spacial score (nSPS) is 36.9. The van der Waals surface area contributed by atoms with Crippen LogP contribution in [0, 0.1) is 46.3 Å². The van der Waals surface area contributed by atoms with Gasteiger partial charge in [0.25, 0.3) is 0 Å². The Morgan fingerprint density at radius 2 is 1.87 bits per heavy atom. The molecular formula is C34H49Br2NO2. The molecule has 8 atom stereocenters. The van der Waals surface area contributed by atoms with E-state index < -0.39 is 3.23 Å². The van der Waals surface area contributed by atoms with Crippen LogP contribution in [0.15, 0.2) is 36.0 Å². The van der Waals surface area contributed by atoms with Gasteiger partial charge in [0.15, 0.2) is 0 Å². The molecule has 1 aromatic rings. The van der Waals surface area contributed by atoms with Gasteiger partial charge >= 0.3 is 5.97 Å². The maximum atomic E-state index is 13.2. The first-order valence-corrected chi connectivity index (χ1v) is 17.3. The summed E-state index contributed by atoms with van der Waals surface area (Å²) in [6, 6.07) is 5.57. The topological polar surface area (TPSA) is 39.2 Å². The molecular weight excluding hydrogens is 614 g/mol. The molecule has 0 spiro atoms. The van der Waals surface area contributed by atoms with Gasteiger partial charge in [-0.25, -0.2) is 4.79 Å². The van der Waals surface area contributed by atoms with Gasteiger partial charge in [0.2, 0.25) is 3.23 Å². The molecule has 0 aliphatic heterocycles. The first-order chi connectivity index (χ1) is 18.5. The first-order valence-electron chi connectivity index (χ1n) is 15.7. The van der Waals surface area contributed by atoms with Crippen molar-refractivity contribution in [1.29, 1.82) is 0 Å². The highest BCUT2D eigenvalue weighted by Gasteiger charge is 2.59. The van der Waals surface area contributed by atoms with Gasteiger partial charge in [0, 0.05) is 12.6 Å². The van der Waals surface area contributed by atoms with E-state index in [2.05, 4.69) is 77.5 Å². The van der Waals surface area contributed by atoms with Gasteiger partial charge in [-0.05, 0) is 103 Å². The number of hydrogen-bond acceptors (Lipinski definition) is 3. The number of carbonyl (C=O) groups excluding carboxylic acids is 1. The molecule has 0 amide bonds. The van der Waals surface area contributed by atoms with Crippen molar-refractivity contribution in [2.45, 2.75) is 115 Å². The highest BCUT2D eigenvalue weighted by molar-refractivity contribution is 9.25. The molecule has 3 fully saturated rings. The van der Waals surface area contributed by atoms with Crippen LogP contribution in [0.2, 0.25) is 0 Å². The van der Waals surface area contributed by atoms with Gasteiger partial charge in [-0.15, -0.1) is 0 Å². The summed E-state index contributed by atoms with van der Waals surface area (Å²) in [4.78, 5) is 17.5. The lowest BCUT2D eigenvalue weighted by atomic mass is 9.47. The van der Waals surface area contributed by atoms with Crippen molar-refractivity contribution in [2.75, 3.05) is 0 Å². The monoisotopic (exact) mass is 661 g/mol. The average molecular weight is 664 g/mol. The van der Waals surface area contributed by atoms with Crippen molar-refractivity contribution in [3.63, 3.8) is 0 Å². The van der Waals surface area contributed by atoms with Crippen molar-refractivity contribution in [1.82, 2.24) is 4.98 Å². The van der Waals surface area contributed by atoms with Crippen molar-refractivity contribution >= 4 is 37.8 Å². The van der Waals surface area contributed by atoms with E-state index in [0.717, 1.165) is 54.8 Å². The fourth-order valence-electron chi connectivity index (χ4n) is 9.63. The van der Waals surface area contributed by atoms with Gasteiger partial charge in [-0.1, -0.05) is 103 Å². The van der Waals surface area contributed by atoms with E-state index in [-0.39, 0.29) is 17.5 Å². The fraction of sp³-hybridized carbons (Fsp3) is 0.765. The molecule has 5 heteroatoms. The zero-order valence-electron chi connectivity index (χ0n) is 24.7. The molecule has 216 valence electrons. The summed E-state index contributed by atoms with van der Waals surface area (Å²) < 4.78 is 5.00. The lowest BCUT2D eigenvalue weighted by Crippen LogP contribution is -2.51. The van der Waals surface area contributed by atoms with Gasteiger partial charge in [-0.3, -0.25) is 4.98 Å². The Balaban J connectivity index is 1.25. The van der Waals surface area contributed by atoms with Crippen LogP contribution in [-0.4, -0.2) is 17.1 Å². The Morgan fingerprint density at radius 3 is 2.59 bits per heavy atom. The number of alkyl halides is 2. The molecule has 0 bridgehead atoms. The summed E-state index contributed by atoms with van der Waals surface area (Å²) in [5.41, 5.74) is 2.95. The molecule has 0 radical (unpaired) electrons. The third kappa shape index (κ3) is 5.58. The van der Waals surface area contributed by atoms with E-state index in [4.69, 9.17) is 4.74 Å². The predicted molar refractivity (Wildman–Crippen MR) is 167 cm³/mol. The number of allylic oxidation sites excluding steroid dienone is 1. The van der Waals surface area contributed by atoms with E-state index in [1.165, 1.54) is 51.4 Å². The first kappa shape index (κ1) is 29.8. The minimum atomic E-state index is -1.10. The van der Waals surface area contributed by atoms with Crippen LogP contribution in [0.4, 0.5) is 0 Å². The standard InChI is InChI=1S/C34H49Br2NO2/c1-22(2)9-8-10-23(3)27-14-15-28-26-13-12-24-21-25(16-18-32(24,4)29(26)17-19-33(27,28)5)39-31(38)34(35,36)30-11-6-7-20-37-30/h6-7,11-12,20,22-23,25-29H,8-10,13-19,21H2,1-5H3/t23-,25-,26?,27+,28?,29?,32+,33-/m1/s1. The van der Waals surface area contributed by atoms with Crippen molar-refractivity contribution in [3.8, 4) is 0 Å². The third-order valence-electron chi connectivity index (χ3n) is 11.8. The summed E-state index contributed by atoms with van der Waals surface area (Å²) in [5, 5.41) is 0. The van der Waals surface area contributed by atoms with Gasteiger partial charge in [0.1, 0.15) is 6.10 Å². The molecule has 0 N–H and O–H groups in total. The second-order valence-corrected chi connectivity index (χ2v) is 17.8. The molecule has 4 aliphatic rings. The Bertz CT molecular complexity index is 1050. The van der Waals surface area contributed by atoms with E-state index in [9.17, 15) is 4.79 Å². The number of ether oxygens (including phenoxy) is 1. The highest BCUT2D eigenvalue weighted by Crippen LogP contribution is 2.67. The number of pyridine rings is 1. The van der Waals surface area contributed by atoms with Crippen LogP contribution in [0.25, 0.3) is 0 Å². The Morgan fingerprint density at radius 1 is 1.08 bits per heavy atom. The number of halogens is 2. The molecule has 1 heterocycles. The lowest BCUT2D eigenvalue weighted by molar-refractivity contribution is -0.151. The van der Waals surface area contributed by atoms with E-state index in [1.807, 2.05) is 18.2 Å². The zero-order valence-corrected chi connectivity index (χ0v) is 27.9. The molecule has 3 unspecified atom stereocenters. The SMILES string of the molecule is CC(C)CCC[C@@H](C)[C@@H]1CCC2C3CC=C4C[C@H](OC(=O)C(Br)(Br)c5ccccn5)CC[C@]4(C)C3CC[C@@]21C. The summed E-state index contributed by atoms with van der Waals surface area (Å²) in [6.45, 7) is 12.5. The Hall–Kier alpha value is -0.680. The average Bonchev–Trinajstić information content (AvgIpc) is 3.26. The van der Waals surface area contributed by atoms with Crippen molar-refractivity contribution in [3.05, 3.63) is 41.7 Å². The molecule has 4 aliphatic carbocycles. The zero-order chi connectivity index (χ0) is 28.0. The van der Waals surface area contributed by atoms with E-state index in [0.29, 0.717) is 11.1 Å². The molecule has 1 aromatic heterocycles. The summed E-state index contributed by atoms with van der Waals surface area (Å²) in [5.74, 6) is 4.75. The number of esters is 1. The Kier molecular flexibility index (Phi) is 8.82. The molecule has 0 saturated heterocycles. The predicted octanol–water partition coefficient (Wildman–Crippen LogP) is 9.98. The second kappa shape index (κ2) is 11.5. The van der Waals surface area contributed by atoms with Crippen LogP contribution in [0.3, 0.4) is 0 Å². The number of fused-ring (bicyclic) bond motifs is 5. The number of carbonyl (C=O) groups is 1. The van der Waals surface area contributed by atoms with E-state index in [1.54, 1.807) is 11.8 Å². The maximum Gasteiger partial charge on any atom is 0.340 e. The van der Waals surface area contributed by atoms with Gasteiger partial charge in [0.05, 0.1) is 5.69 Å². The fourth-order valence-corrected chi connectivity index (χ4v) is 10.3. The molecule has 3 saturated carbocycles. The largest absolute Gasteiger partial charge is 0.460 e. The summed E-state index contributed by atoms with van der Waals surface area (Å²) in [6.07, 6.45) is 18.2. The smallest absolute Gasteiger partial charge is 0.340 e. The third-order valence-corrected chi connectivity index (χ3v) is 13.2. The quantitative estimate of drug-likeness (QED) is 0.158. The van der Waals surface area contributed by atoms with Crippen LogP contribution in [-0.2, 0) is 12.8 Å². The lowest BCUT2D eigenvalue weighted by Gasteiger charge is -2.58. The number of aromatic nitrogens is 1. The van der Waals surface area contributed by atoms with Crippen molar-refractivity contribution < 1.29 is 9.53 Å². The minimum Gasteiger partial charge on any atom is -0.460 e. The van der Waals surface area contributed by atoms with Crippen LogP contribution in [0.5, 0.6) is 0 Å². The molecule has 5 rings (SSSR count). The van der Waals surface area contributed by atoms with Gasteiger partial charge < -0.3 is 4.74 Å². The summed E-state index contributed by atoms with van der Waals surface area (Å²) in [7, 11) is 0.